The summed E-state index contributed by atoms with van der Waals surface area (Å²) in [5.74, 6) is 0.610. The lowest BCUT2D eigenvalue weighted by molar-refractivity contribution is -0.126. The molecule has 2 aromatic carbocycles. The largest absolute Gasteiger partial charge is 0.497 e. The molecule has 1 heterocycles. The average molecular weight is 303 g/mol. The van der Waals surface area contributed by atoms with Crippen LogP contribution in [0.1, 0.15) is 11.6 Å². The lowest BCUT2D eigenvalue weighted by Gasteiger charge is -2.45. The third-order valence-electron chi connectivity index (χ3n) is 3.68. The molecule has 0 aliphatic carbocycles. The summed E-state index contributed by atoms with van der Waals surface area (Å²) in [5.41, 5.74) is 7.72. The van der Waals surface area contributed by atoms with Gasteiger partial charge in [-0.05, 0) is 29.8 Å². The molecule has 0 radical (unpaired) electrons. The standard InChI is InChI=1S/C16H15ClN2O2/c1-21-13-4-2-3-12(9-13)19-15(14(18)16(19)20)10-5-7-11(17)8-6-10/h2-9,14-15H,18H2,1H3/t14-,15-/m1/s1. The maximum absolute atomic E-state index is 12.1. The zero-order valence-corrected chi connectivity index (χ0v) is 12.2. The molecule has 3 rings (SSSR count). The van der Waals surface area contributed by atoms with Gasteiger partial charge in [-0.2, -0.15) is 0 Å². The fourth-order valence-corrected chi connectivity index (χ4v) is 2.70. The van der Waals surface area contributed by atoms with E-state index in [-0.39, 0.29) is 11.9 Å². The van der Waals surface area contributed by atoms with Crippen molar-refractivity contribution in [2.24, 2.45) is 5.73 Å². The van der Waals surface area contributed by atoms with Crippen molar-refractivity contribution in [2.45, 2.75) is 12.1 Å². The number of carbonyl (C=O) groups is 1. The normalized spacial score (nSPS) is 21.1. The second-order valence-electron chi connectivity index (χ2n) is 4.93. The molecule has 0 bridgehead atoms. The number of β-lactam (4-membered cyclic amide) rings is 1. The van der Waals surface area contributed by atoms with E-state index in [2.05, 4.69) is 0 Å². The van der Waals surface area contributed by atoms with E-state index < -0.39 is 6.04 Å². The predicted molar refractivity (Wildman–Crippen MR) is 82.6 cm³/mol. The highest BCUT2D eigenvalue weighted by Gasteiger charge is 2.46. The molecule has 2 atom stereocenters. The van der Waals surface area contributed by atoms with E-state index >= 15 is 0 Å². The van der Waals surface area contributed by atoms with Crippen molar-refractivity contribution in [3.05, 3.63) is 59.1 Å². The van der Waals surface area contributed by atoms with E-state index in [4.69, 9.17) is 22.1 Å². The Kier molecular flexibility index (Phi) is 3.57. The summed E-state index contributed by atoms with van der Waals surface area (Å²) in [4.78, 5) is 13.8. The van der Waals surface area contributed by atoms with Gasteiger partial charge >= 0.3 is 0 Å². The van der Waals surface area contributed by atoms with Crippen LogP contribution in [0, 0.1) is 0 Å². The summed E-state index contributed by atoms with van der Waals surface area (Å²) >= 11 is 5.91. The summed E-state index contributed by atoms with van der Waals surface area (Å²) in [6.07, 6.45) is 0. The number of nitrogens with two attached hydrogens (primary N) is 1. The molecule has 4 nitrogen and oxygen atoms in total. The van der Waals surface area contributed by atoms with E-state index in [1.165, 1.54) is 0 Å². The van der Waals surface area contributed by atoms with Crippen LogP contribution in [-0.4, -0.2) is 19.1 Å². The fraction of sp³-hybridized carbons (Fsp3) is 0.188. The van der Waals surface area contributed by atoms with Gasteiger partial charge in [-0.3, -0.25) is 4.79 Å². The fourth-order valence-electron chi connectivity index (χ4n) is 2.58. The van der Waals surface area contributed by atoms with Crippen LogP contribution in [-0.2, 0) is 4.79 Å². The van der Waals surface area contributed by atoms with Crippen LogP contribution >= 0.6 is 11.6 Å². The number of benzene rings is 2. The Balaban J connectivity index is 1.96. The maximum Gasteiger partial charge on any atom is 0.247 e. The molecule has 0 aromatic heterocycles. The number of anilines is 1. The van der Waals surface area contributed by atoms with Gasteiger partial charge in [0.1, 0.15) is 11.8 Å². The van der Waals surface area contributed by atoms with Gasteiger partial charge in [-0.25, -0.2) is 0 Å². The topological polar surface area (TPSA) is 55.6 Å². The first kappa shape index (κ1) is 13.9. The van der Waals surface area contributed by atoms with Crippen molar-refractivity contribution in [3.8, 4) is 5.75 Å². The number of ether oxygens (including phenoxy) is 1. The Labute approximate surface area is 128 Å². The molecular formula is C16H15ClN2O2. The van der Waals surface area contributed by atoms with Crippen LogP contribution in [0.5, 0.6) is 5.75 Å². The Bertz CT molecular complexity index is 672. The Hall–Kier alpha value is -2.04. The minimum Gasteiger partial charge on any atom is -0.497 e. The third-order valence-corrected chi connectivity index (χ3v) is 3.94. The minimum absolute atomic E-state index is 0.0943. The molecule has 2 aromatic rings. The second-order valence-corrected chi connectivity index (χ2v) is 5.37. The number of hydrogen-bond acceptors (Lipinski definition) is 3. The summed E-state index contributed by atoms with van der Waals surface area (Å²) in [7, 11) is 1.60. The monoisotopic (exact) mass is 302 g/mol. The van der Waals surface area contributed by atoms with Gasteiger partial charge < -0.3 is 15.4 Å². The highest BCUT2D eigenvalue weighted by molar-refractivity contribution is 6.30. The van der Waals surface area contributed by atoms with Crippen molar-refractivity contribution in [1.29, 1.82) is 0 Å². The first-order valence-electron chi connectivity index (χ1n) is 6.60. The van der Waals surface area contributed by atoms with Gasteiger partial charge in [-0.15, -0.1) is 0 Å². The minimum atomic E-state index is -0.530. The molecule has 21 heavy (non-hydrogen) atoms. The molecule has 108 valence electrons. The molecule has 2 N–H and O–H groups in total. The Morgan fingerprint density at radius 1 is 1.19 bits per heavy atom. The van der Waals surface area contributed by atoms with Crippen LogP contribution in [0.4, 0.5) is 5.69 Å². The van der Waals surface area contributed by atoms with Gasteiger partial charge in [0.25, 0.3) is 0 Å². The molecule has 1 saturated heterocycles. The third kappa shape index (κ3) is 2.37. The molecule has 0 saturated carbocycles. The molecule has 1 amide bonds. The van der Waals surface area contributed by atoms with Gasteiger partial charge in [0.15, 0.2) is 0 Å². The van der Waals surface area contributed by atoms with Crippen molar-refractivity contribution in [1.82, 2.24) is 0 Å². The Morgan fingerprint density at radius 2 is 1.90 bits per heavy atom. The predicted octanol–water partition coefficient (Wildman–Crippen LogP) is 2.76. The van der Waals surface area contributed by atoms with E-state index in [9.17, 15) is 4.79 Å². The van der Waals surface area contributed by atoms with Crippen LogP contribution in [0.3, 0.4) is 0 Å². The van der Waals surface area contributed by atoms with Gasteiger partial charge in [0, 0.05) is 16.8 Å². The van der Waals surface area contributed by atoms with Gasteiger partial charge in [-0.1, -0.05) is 29.8 Å². The van der Waals surface area contributed by atoms with E-state index in [1.54, 1.807) is 24.1 Å². The molecule has 0 unspecified atom stereocenters. The van der Waals surface area contributed by atoms with Crippen LogP contribution in [0.25, 0.3) is 0 Å². The second kappa shape index (κ2) is 5.39. The number of amides is 1. The van der Waals surface area contributed by atoms with E-state index in [0.29, 0.717) is 10.8 Å². The highest BCUT2D eigenvalue weighted by Crippen LogP contribution is 2.39. The summed E-state index contributed by atoms with van der Waals surface area (Å²) in [5, 5.41) is 0.658. The van der Waals surface area contributed by atoms with Crippen molar-refractivity contribution in [2.75, 3.05) is 12.0 Å². The SMILES string of the molecule is COc1cccc(N2C(=O)[C@H](N)[C@H]2c2ccc(Cl)cc2)c1. The van der Waals surface area contributed by atoms with E-state index in [0.717, 1.165) is 11.3 Å². The van der Waals surface area contributed by atoms with Crippen LogP contribution in [0.2, 0.25) is 5.02 Å². The first-order chi connectivity index (χ1) is 10.1. The molecule has 1 aliphatic rings. The van der Waals surface area contributed by atoms with E-state index in [1.807, 2.05) is 36.4 Å². The molecular weight excluding hydrogens is 288 g/mol. The van der Waals surface area contributed by atoms with Crippen LogP contribution < -0.4 is 15.4 Å². The van der Waals surface area contributed by atoms with Gasteiger partial charge in [0.2, 0.25) is 5.91 Å². The molecule has 5 heteroatoms. The van der Waals surface area contributed by atoms with Crippen molar-refractivity contribution < 1.29 is 9.53 Å². The van der Waals surface area contributed by atoms with Gasteiger partial charge in [0.05, 0.1) is 13.2 Å². The molecule has 1 fully saturated rings. The zero-order valence-electron chi connectivity index (χ0n) is 11.5. The number of nitrogens with zero attached hydrogens (tertiary/aromatic N) is 1. The lowest BCUT2D eigenvalue weighted by Crippen LogP contribution is -2.63. The zero-order chi connectivity index (χ0) is 15.0. The average Bonchev–Trinajstić information content (AvgIpc) is 2.52. The smallest absolute Gasteiger partial charge is 0.247 e. The summed E-state index contributed by atoms with van der Waals surface area (Å²) in [6.45, 7) is 0. The molecule has 0 spiro atoms. The number of halogens is 1. The number of carbonyl (C=O) groups excluding carboxylic acids is 1. The maximum atomic E-state index is 12.1. The summed E-state index contributed by atoms with van der Waals surface area (Å²) in [6, 6.07) is 14.1. The van der Waals surface area contributed by atoms with Crippen LogP contribution in [0.15, 0.2) is 48.5 Å². The first-order valence-corrected chi connectivity index (χ1v) is 6.98. The molecule has 1 aliphatic heterocycles. The lowest BCUT2D eigenvalue weighted by atomic mass is 9.88. The Morgan fingerprint density at radius 3 is 2.57 bits per heavy atom. The summed E-state index contributed by atoms with van der Waals surface area (Å²) < 4.78 is 5.21. The van der Waals surface area contributed by atoms with Crippen molar-refractivity contribution in [3.63, 3.8) is 0 Å². The number of hydrogen-bond donors (Lipinski definition) is 1. The highest BCUT2D eigenvalue weighted by atomic mass is 35.5. The quantitative estimate of drug-likeness (QED) is 0.887. The van der Waals surface area contributed by atoms with Crippen molar-refractivity contribution >= 4 is 23.2 Å². The number of rotatable bonds is 3. The number of methoxy groups -OCH3 is 1.